The number of hydrogen-bond acceptors (Lipinski definition) is 4. The molecule has 1 aliphatic heterocycles. The first-order valence-corrected chi connectivity index (χ1v) is 9.23. The first-order chi connectivity index (χ1) is 12.0. The van der Waals surface area contributed by atoms with Crippen molar-refractivity contribution in [3.05, 3.63) is 12.2 Å². The minimum atomic E-state index is -0.623. The van der Waals surface area contributed by atoms with Crippen LogP contribution in [0.15, 0.2) is 17.1 Å². The van der Waals surface area contributed by atoms with Gasteiger partial charge >= 0.3 is 0 Å². The summed E-state index contributed by atoms with van der Waals surface area (Å²) in [5.74, 6) is 0.798. The number of carbonyl (C=O) groups excluding carboxylic acids is 2. The van der Waals surface area contributed by atoms with Crippen LogP contribution in [0.1, 0.15) is 25.7 Å². The van der Waals surface area contributed by atoms with Crippen LogP contribution in [0.5, 0.6) is 0 Å². The molecule has 7 heteroatoms. The van der Waals surface area contributed by atoms with E-state index in [1.165, 1.54) is 4.90 Å². The molecule has 0 radical (unpaired) electrons. The van der Waals surface area contributed by atoms with E-state index in [1.54, 1.807) is 7.05 Å². The molecule has 136 valence electrons. The van der Waals surface area contributed by atoms with Crippen LogP contribution >= 0.6 is 0 Å². The average Bonchev–Trinajstić information content (AvgIpc) is 3.25. The van der Waals surface area contributed by atoms with Crippen molar-refractivity contribution in [3.8, 4) is 0 Å². The van der Waals surface area contributed by atoms with Gasteiger partial charge in [-0.25, -0.2) is 0 Å². The smallest absolute Gasteiger partial charge is 0.233 e. The number of amides is 2. The number of guanidine groups is 1. The summed E-state index contributed by atoms with van der Waals surface area (Å²) in [6.07, 6.45) is 7.85. The molecule has 1 heterocycles. The van der Waals surface area contributed by atoms with E-state index in [2.05, 4.69) is 27.8 Å². The van der Waals surface area contributed by atoms with E-state index in [4.69, 9.17) is 0 Å². The third kappa shape index (κ3) is 2.74. The molecule has 3 fully saturated rings. The predicted molar refractivity (Wildman–Crippen MR) is 92.6 cm³/mol. The highest BCUT2D eigenvalue weighted by Gasteiger charge is 2.58. The number of likely N-dealkylation sites (tertiary alicyclic amines) is 1. The summed E-state index contributed by atoms with van der Waals surface area (Å²) >= 11 is 0. The maximum absolute atomic E-state index is 12.6. The van der Waals surface area contributed by atoms with Crippen molar-refractivity contribution in [1.82, 2.24) is 15.5 Å². The number of hydrogen-bond donors (Lipinski definition) is 3. The number of aliphatic imine (C=N–C) groups is 1. The van der Waals surface area contributed by atoms with E-state index in [0.29, 0.717) is 25.6 Å². The van der Waals surface area contributed by atoms with Crippen LogP contribution in [0, 0.1) is 23.7 Å². The fourth-order valence-electron chi connectivity index (χ4n) is 4.70. The number of nitrogens with one attached hydrogen (secondary N) is 2. The van der Waals surface area contributed by atoms with Gasteiger partial charge in [0, 0.05) is 26.7 Å². The zero-order valence-corrected chi connectivity index (χ0v) is 14.6. The normalized spacial score (nSPS) is 35.1. The monoisotopic (exact) mass is 346 g/mol. The summed E-state index contributed by atoms with van der Waals surface area (Å²) in [6, 6.07) is 0. The molecule has 7 nitrogen and oxygen atoms in total. The van der Waals surface area contributed by atoms with Crippen LogP contribution in [-0.2, 0) is 9.59 Å². The first kappa shape index (κ1) is 16.6. The van der Waals surface area contributed by atoms with Crippen LogP contribution in [0.25, 0.3) is 0 Å². The molecular weight excluding hydrogens is 320 g/mol. The zero-order valence-electron chi connectivity index (χ0n) is 14.6. The van der Waals surface area contributed by atoms with Gasteiger partial charge < -0.3 is 15.7 Å². The Labute approximate surface area is 147 Å². The zero-order chi connectivity index (χ0) is 17.6. The summed E-state index contributed by atoms with van der Waals surface area (Å²) in [6.45, 7) is 1.28. The van der Waals surface area contributed by atoms with E-state index < -0.39 is 5.60 Å². The second-order valence-corrected chi connectivity index (χ2v) is 7.76. The molecule has 4 aliphatic rings. The van der Waals surface area contributed by atoms with Crippen LogP contribution in [0.3, 0.4) is 0 Å². The summed E-state index contributed by atoms with van der Waals surface area (Å²) in [7, 11) is 1.67. The highest BCUT2D eigenvalue weighted by atomic mass is 16.3. The van der Waals surface area contributed by atoms with Gasteiger partial charge in [0.1, 0.15) is 0 Å². The van der Waals surface area contributed by atoms with Gasteiger partial charge in [-0.05, 0) is 37.5 Å². The van der Waals surface area contributed by atoms with Gasteiger partial charge in [-0.2, -0.15) is 0 Å². The molecule has 25 heavy (non-hydrogen) atoms. The lowest BCUT2D eigenvalue weighted by Crippen LogP contribution is -2.51. The largest absolute Gasteiger partial charge is 0.388 e. The molecule has 0 aromatic rings. The summed E-state index contributed by atoms with van der Waals surface area (Å²) in [5, 5.41) is 16.4. The Morgan fingerprint density at radius 3 is 2.40 bits per heavy atom. The van der Waals surface area contributed by atoms with Gasteiger partial charge in [-0.15, -0.1) is 0 Å². The Bertz CT molecular complexity index is 610. The van der Waals surface area contributed by atoms with E-state index in [1.807, 2.05) is 0 Å². The lowest BCUT2D eigenvalue weighted by atomic mass is 9.80. The Balaban J connectivity index is 1.27. The predicted octanol–water partition coefficient (Wildman–Crippen LogP) is -0.126. The van der Waals surface area contributed by atoms with Gasteiger partial charge in [0.05, 0.1) is 17.4 Å². The molecule has 0 aromatic carbocycles. The summed E-state index contributed by atoms with van der Waals surface area (Å²) in [5.41, 5.74) is -0.623. The van der Waals surface area contributed by atoms with Crippen molar-refractivity contribution in [2.75, 3.05) is 26.7 Å². The van der Waals surface area contributed by atoms with Crippen molar-refractivity contribution in [3.63, 3.8) is 0 Å². The van der Waals surface area contributed by atoms with E-state index in [-0.39, 0.29) is 35.5 Å². The highest BCUT2D eigenvalue weighted by Crippen LogP contribution is 2.52. The topological polar surface area (TPSA) is 94.0 Å². The molecule has 2 amide bonds. The summed E-state index contributed by atoms with van der Waals surface area (Å²) in [4.78, 5) is 30.7. The Morgan fingerprint density at radius 1 is 1.24 bits per heavy atom. The Kier molecular flexibility index (Phi) is 4.06. The van der Waals surface area contributed by atoms with Crippen LogP contribution in [0.2, 0.25) is 0 Å². The third-order valence-electron chi connectivity index (χ3n) is 6.28. The minimum absolute atomic E-state index is 0.0135. The van der Waals surface area contributed by atoms with Crippen molar-refractivity contribution in [1.29, 1.82) is 0 Å². The first-order valence-electron chi connectivity index (χ1n) is 9.23. The van der Waals surface area contributed by atoms with E-state index in [0.717, 1.165) is 25.7 Å². The fraction of sp³-hybridized carbons (Fsp3) is 0.722. The highest BCUT2D eigenvalue weighted by molar-refractivity contribution is 6.06. The van der Waals surface area contributed by atoms with E-state index >= 15 is 0 Å². The van der Waals surface area contributed by atoms with Crippen LogP contribution in [0.4, 0.5) is 0 Å². The molecule has 4 rings (SSSR count). The van der Waals surface area contributed by atoms with Crippen molar-refractivity contribution < 1.29 is 14.7 Å². The van der Waals surface area contributed by atoms with Gasteiger partial charge in [-0.1, -0.05) is 12.2 Å². The van der Waals surface area contributed by atoms with Crippen molar-refractivity contribution in [2.24, 2.45) is 28.7 Å². The molecule has 4 atom stereocenters. The molecule has 4 unspecified atom stereocenters. The SMILES string of the molecule is CN=C(NCCN1C(=O)C2C3C=CC(C3)C2C1=O)NCC1(O)CCC1. The van der Waals surface area contributed by atoms with Gasteiger partial charge in [0.25, 0.3) is 0 Å². The number of nitrogens with zero attached hydrogens (tertiary/aromatic N) is 2. The average molecular weight is 346 g/mol. The number of imide groups is 1. The molecule has 2 bridgehead atoms. The quantitative estimate of drug-likeness (QED) is 0.279. The number of fused-ring (bicyclic) bond motifs is 5. The third-order valence-corrected chi connectivity index (χ3v) is 6.28. The van der Waals surface area contributed by atoms with Gasteiger partial charge in [0.2, 0.25) is 11.8 Å². The summed E-state index contributed by atoms with van der Waals surface area (Å²) < 4.78 is 0. The fourth-order valence-corrected chi connectivity index (χ4v) is 4.70. The van der Waals surface area contributed by atoms with Gasteiger partial charge in [0.15, 0.2) is 5.96 Å². The van der Waals surface area contributed by atoms with Crippen molar-refractivity contribution in [2.45, 2.75) is 31.3 Å². The molecule has 3 aliphatic carbocycles. The second kappa shape index (κ2) is 6.12. The maximum Gasteiger partial charge on any atom is 0.233 e. The lowest BCUT2D eigenvalue weighted by Gasteiger charge is -2.37. The minimum Gasteiger partial charge on any atom is -0.388 e. The molecule has 0 aromatic heterocycles. The van der Waals surface area contributed by atoms with Gasteiger partial charge in [-0.3, -0.25) is 19.5 Å². The standard InChI is InChI=1S/C18H26N4O3/c1-19-17(21-10-18(25)5-2-6-18)20-7-8-22-15(23)13-11-3-4-12(9-11)14(13)16(22)24/h3-4,11-14,25H,2,5-10H2,1H3,(H2,19,20,21). The van der Waals surface area contributed by atoms with Crippen molar-refractivity contribution >= 4 is 17.8 Å². The number of aliphatic hydroxyl groups is 1. The number of rotatable bonds is 5. The lowest BCUT2D eigenvalue weighted by molar-refractivity contribution is -0.140. The Morgan fingerprint density at radius 2 is 1.88 bits per heavy atom. The van der Waals surface area contributed by atoms with Crippen LogP contribution < -0.4 is 10.6 Å². The number of allylic oxidation sites excluding steroid dienone is 2. The Hall–Kier alpha value is -1.89. The second-order valence-electron chi connectivity index (χ2n) is 7.76. The number of carbonyl (C=O) groups is 2. The van der Waals surface area contributed by atoms with E-state index in [9.17, 15) is 14.7 Å². The molecular formula is C18H26N4O3. The molecule has 2 saturated carbocycles. The maximum atomic E-state index is 12.6. The van der Waals surface area contributed by atoms with Crippen LogP contribution in [-0.4, -0.2) is 60.1 Å². The molecule has 1 saturated heterocycles. The molecule has 0 spiro atoms. The molecule has 3 N–H and O–H groups in total.